The third-order valence-electron chi connectivity index (χ3n) is 4.14. The lowest BCUT2D eigenvalue weighted by atomic mass is 10.0. The van der Waals surface area contributed by atoms with E-state index in [0.29, 0.717) is 12.1 Å². The van der Waals surface area contributed by atoms with E-state index in [2.05, 4.69) is 11.9 Å². The molecule has 0 radical (unpaired) electrons. The molecule has 0 unspecified atom stereocenters. The summed E-state index contributed by atoms with van der Waals surface area (Å²) in [4.78, 5) is 16.7. The van der Waals surface area contributed by atoms with Gasteiger partial charge in [-0.05, 0) is 31.5 Å². The second-order valence-corrected chi connectivity index (χ2v) is 5.63. The number of phenolic OH excluding ortho intramolecular Hbond substituents is 1. The molecule has 0 aliphatic carbocycles. The van der Waals surface area contributed by atoms with Crippen LogP contribution in [-0.2, 0) is 0 Å². The van der Waals surface area contributed by atoms with Gasteiger partial charge in [-0.2, -0.15) is 0 Å². The molecule has 4 heteroatoms. The molecule has 1 saturated heterocycles. The summed E-state index contributed by atoms with van der Waals surface area (Å²) in [6, 6.07) is 11.2. The highest BCUT2D eigenvalue weighted by atomic mass is 16.3. The Kier molecular flexibility index (Phi) is 3.80. The molecule has 1 aliphatic rings. The lowest BCUT2D eigenvalue weighted by molar-refractivity contribution is 0.0760. The van der Waals surface area contributed by atoms with Crippen molar-refractivity contribution >= 4 is 16.7 Å². The van der Waals surface area contributed by atoms with Crippen LogP contribution in [0, 0.1) is 0 Å². The first-order chi connectivity index (χ1) is 10.2. The first-order valence-electron chi connectivity index (χ1n) is 7.35. The van der Waals surface area contributed by atoms with E-state index in [9.17, 15) is 9.90 Å². The number of fused-ring (bicyclic) bond motifs is 1. The Bertz CT molecular complexity index is 669. The average Bonchev–Trinajstić information content (AvgIpc) is 2.72. The molecule has 21 heavy (non-hydrogen) atoms. The van der Waals surface area contributed by atoms with Crippen LogP contribution in [-0.4, -0.2) is 54.0 Å². The molecule has 110 valence electrons. The van der Waals surface area contributed by atoms with Crippen LogP contribution < -0.4 is 0 Å². The predicted octanol–water partition coefficient (Wildman–Crippen LogP) is 2.32. The van der Waals surface area contributed by atoms with Gasteiger partial charge in [0.15, 0.2) is 0 Å². The highest BCUT2D eigenvalue weighted by Crippen LogP contribution is 2.29. The van der Waals surface area contributed by atoms with E-state index in [-0.39, 0.29) is 11.7 Å². The molecular formula is C17H20N2O2. The Morgan fingerprint density at radius 2 is 1.86 bits per heavy atom. The summed E-state index contributed by atoms with van der Waals surface area (Å²) < 4.78 is 0. The summed E-state index contributed by atoms with van der Waals surface area (Å²) in [6.45, 7) is 3.34. The van der Waals surface area contributed by atoms with Crippen LogP contribution in [0.5, 0.6) is 5.75 Å². The summed E-state index contributed by atoms with van der Waals surface area (Å²) in [5, 5.41) is 12.1. The maximum atomic E-state index is 12.7. The van der Waals surface area contributed by atoms with Crippen molar-refractivity contribution in [2.24, 2.45) is 0 Å². The quantitative estimate of drug-likeness (QED) is 0.874. The van der Waals surface area contributed by atoms with Crippen LogP contribution in [0.1, 0.15) is 16.8 Å². The third kappa shape index (κ3) is 2.72. The maximum absolute atomic E-state index is 12.7. The zero-order valence-electron chi connectivity index (χ0n) is 12.2. The molecule has 1 heterocycles. The molecular weight excluding hydrogens is 264 g/mol. The van der Waals surface area contributed by atoms with Crippen molar-refractivity contribution in [3.63, 3.8) is 0 Å². The van der Waals surface area contributed by atoms with Gasteiger partial charge in [0, 0.05) is 25.0 Å². The molecule has 3 rings (SSSR count). The van der Waals surface area contributed by atoms with E-state index in [1.165, 1.54) is 0 Å². The second-order valence-electron chi connectivity index (χ2n) is 5.63. The number of hydrogen-bond acceptors (Lipinski definition) is 3. The van der Waals surface area contributed by atoms with E-state index < -0.39 is 0 Å². The SMILES string of the molecule is CN1CCCN(C(=O)c2ccc3ccccc3c2O)CC1. The van der Waals surface area contributed by atoms with E-state index in [1.54, 1.807) is 6.07 Å². The van der Waals surface area contributed by atoms with Crippen molar-refractivity contribution in [1.82, 2.24) is 9.80 Å². The number of aromatic hydroxyl groups is 1. The largest absolute Gasteiger partial charge is 0.506 e. The molecule has 0 bridgehead atoms. The average molecular weight is 284 g/mol. The summed E-state index contributed by atoms with van der Waals surface area (Å²) in [7, 11) is 2.07. The van der Waals surface area contributed by atoms with E-state index in [1.807, 2.05) is 35.2 Å². The van der Waals surface area contributed by atoms with Crippen LogP contribution in [0.3, 0.4) is 0 Å². The van der Waals surface area contributed by atoms with E-state index >= 15 is 0 Å². The van der Waals surface area contributed by atoms with Crippen molar-refractivity contribution in [2.45, 2.75) is 6.42 Å². The predicted molar refractivity (Wildman–Crippen MR) is 83.6 cm³/mol. The van der Waals surface area contributed by atoms with Gasteiger partial charge in [-0.1, -0.05) is 30.3 Å². The Hall–Kier alpha value is -2.07. The normalized spacial score (nSPS) is 16.9. The van der Waals surface area contributed by atoms with Gasteiger partial charge in [0.2, 0.25) is 0 Å². The third-order valence-corrected chi connectivity index (χ3v) is 4.14. The minimum atomic E-state index is -0.0754. The zero-order valence-corrected chi connectivity index (χ0v) is 12.2. The van der Waals surface area contributed by atoms with Gasteiger partial charge in [0.1, 0.15) is 5.75 Å². The minimum Gasteiger partial charge on any atom is -0.506 e. The topological polar surface area (TPSA) is 43.8 Å². The lowest BCUT2D eigenvalue weighted by Gasteiger charge is -2.21. The lowest BCUT2D eigenvalue weighted by Crippen LogP contribution is -2.34. The first kappa shape index (κ1) is 13.9. The molecule has 2 aromatic rings. The van der Waals surface area contributed by atoms with Crippen LogP contribution in [0.4, 0.5) is 0 Å². The first-order valence-corrected chi connectivity index (χ1v) is 7.35. The fourth-order valence-corrected chi connectivity index (χ4v) is 2.85. The number of carbonyl (C=O) groups excluding carboxylic acids is 1. The number of rotatable bonds is 1. The Morgan fingerprint density at radius 3 is 2.71 bits per heavy atom. The van der Waals surface area contributed by atoms with Gasteiger partial charge in [-0.15, -0.1) is 0 Å². The van der Waals surface area contributed by atoms with Gasteiger partial charge in [0.05, 0.1) is 5.56 Å². The van der Waals surface area contributed by atoms with Gasteiger partial charge < -0.3 is 14.9 Å². The van der Waals surface area contributed by atoms with Gasteiger partial charge >= 0.3 is 0 Å². The van der Waals surface area contributed by atoms with Crippen LogP contribution in [0.2, 0.25) is 0 Å². The molecule has 0 aromatic heterocycles. The fourth-order valence-electron chi connectivity index (χ4n) is 2.85. The fraction of sp³-hybridized carbons (Fsp3) is 0.353. The molecule has 0 saturated carbocycles. The minimum absolute atomic E-state index is 0.0754. The number of amides is 1. The number of likely N-dealkylation sites (N-methyl/N-ethyl adjacent to an activating group) is 1. The Labute approximate surface area is 124 Å². The van der Waals surface area contributed by atoms with Crippen molar-refractivity contribution in [2.75, 3.05) is 33.2 Å². The van der Waals surface area contributed by atoms with E-state index in [0.717, 1.165) is 36.8 Å². The molecule has 0 atom stereocenters. The Morgan fingerprint density at radius 1 is 1.05 bits per heavy atom. The standard InChI is InChI=1S/C17H20N2O2/c1-18-9-4-10-19(12-11-18)17(21)15-8-7-13-5-2-3-6-14(13)16(15)20/h2-3,5-8,20H,4,9-12H2,1H3. The van der Waals surface area contributed by atoms with Crippen molar-refractivity contribution in [3.05, 3.63) is 42.0 Å². The van der Waals surface area contributed by atoms with Crippen LogP contribution in [0.15, 0.2) is 36.4 Å². The van der Waals surface area contributed by atoms with Crippen LogP contribution >= 0.6 is 0 Å². The van der Waals surface area contributed by atoms with Crippen molar-refractivity contribution < 1.29 is 9.90 Å². The maximum Gasteiger partial charge on any atom is 0.257 e. The molecule has 1 aliphatic heterocycles. The highest BCUT2D eigenvalue weighted by molar-refractivity contribution is 6.03. The van der Waals surface area contributed by atoms with Crippen LogP contribution in [0.25, 0.3) is 10.8 Å². The molecule has 1 amide bonds. The molecule has 0 spiro atoms. The number of nitrogens with zero attached hydrogens (tertiary/aromatic N) is 2. The number of phenols is 1. The van der Waals surface area contributed by atoms with E-state index in [4.69, 9.17) is 0 Å². The molecule has 1 fully saturated rings. The Balaban J connectivity index is 1.92. The summed E-state index contributed by atoms with van der Waals surface area (Å²) in [5.74, 6) is 0.0178. The number of carbonyl (C=O) groups is 1. The summed E-state index contributed by atoms with van der Waals surface area (Å²) in [6.07, 6.45) is 0.969. The monoisotopic (exact) mass is 284 g/mol. The van der Waals surface area contributed by atoms with Gasteiger partial charge in [-0.3, -0.25) is 4.79 Å². The van der Waals surface area contributed by atoms with Gasteiger partial charge in [0.25, 0.3) is 5.91 Å². The second kappa shape index (κ2) is 5.74. The molecule has 4 nitrogen and oxygen atoms in total. The number of benzene rings is 2. The molecule has 2 aromatic carbocycles. The smallest absolute Gasteiger partial charge is 0.257 e. The molecule has 1 N–H and O–H groups in total. The van der Waals surface area contributed by atoms with Gasteiger partial charge in [-0.25, -0.2) is 0 Å². The zero-order chi connectivity index (χ0) is 14.8. The van der Waals surface area contributed by atoms with Crippen molar-refractivity contribution in [1.29, 1.82) is 0 Å². The number of hydrogen-bond donors (Lipinski definition) is 1. The van der Waals surface area contributed by atoms with Crippen molar-refractivity contribution in [3.8, 4) is 5.75 Å². The summed E-state index contributed by atoms with van der Waals surface area (Å²) in [5.41, 5.74) is 0.401. The summed E-state index contributed by atoms with van der Waals surface area (Å²) >= 11 is 0. The highest BCUT2D eigenvalue weighted by Gasteiger charge is 2.22.